The van der Waals surface area contributed by atoms with Crippen LogP contribution >= 0.6 is 0 Å². The van der Waals surface area contributed by atoms with Crippen molar-refractivity contribution in [2.45, 2.75) is 83.6 Å². The Morgan fingerprint density at radius 1 is 1.05 bits per heavy atom. The van der Waals surface area contributed by atoms with Gasteiger partial charge in [-0.1, -0.05) is 32.6 Å². The van der Waals surface area contributed by atoms with E-state index in [1.165, 1.54) is 19.3 Å². The van der Waals surface area contributed by atoms with E-state index < -0.39 is 5.97 Å². The predicted molar refractivity (Wildman–Crippen MR) is 82.0 cm³/mol. The topological polar surface area (TPSA) is 66.4 Å². The van der Waals surface area contributed by atoms with E-state index in [-0.39, 0.29) is 17.7 Å². The molecule has 0 bridgehead atoms. The maximum Gasteiger partial charge on any atom is 0.303 e. The van der Waals surface area contributed by atoms with Gasteiger partial charge in [-0.25, -0.2) is 0 Å². The quantitative estimate of drug-likeness (QED) is 0.763. The van der Waals surface area contributed by atoms with E-state index in [0.29, 0.717) is 12.5 Å². The molecule has 0 aromatic heterocycles. The lowest BCUT2D eigenvalue weighted by molar-refractivity contribution is -0.140. The molecular formula is C17H29NO3. The highest BCUT2D eigenvalue weighted by Gasteiger charge is 2.38. The fraction of sp³-hybridized carbons (Fsp3) is 0.882. The van der Waals surface area contributed by atoms with Crippen molar-refractivity contribution in [3.8, 4) is 0 Å². The van der Waals surface area contributed by atoms with Gasteiger partial charge in [0.2, 0.25) is 5.91 Å². The first-order valence-corrected chi connectivity index (χ1v) is 8.50. The number of nitrogens with one attached hydrogen (secondary N) is 1. The van der Waals surface area contributed by atoms with Crippen LogP contribution < -0.4 is 5.32 Å². The molecule has 0 aromatic rings. The highest BCUT2D eigenvalue weighted by atomic mass is 16.4. The first-order valence-electron chi connectivity index (χ1n) is 8.50. The lowest BCUT2D eigenvalue weighted by Crippen LogP contribution is -2.38. The van der Waals surface area contributed by atoms with E-state index in [4.69, 9.17) is 5.11 Å². The number of carboxylic acid groups (broad SMARTS) is 1. The van der Waals surface area contributed by atoms with Crippen molar-refractivity contribution in [2.75, 3.05) is 0 Å². The van der Waals surface area contributed by atoms with Crippen LogP contribution in [0.5, 0.6) is 0 Å². The molecule has 0 saturated heterocycles. The molecule has 0 radical (unpaired) electrons. The molecule has 0 aromatic carbocycles. The first-order chi connectivity index (χ1) is 9.99. The summed E-state index contributed by atoms with van der Waals surface area (Å²) in [6.07, 6.45) is 10.2. The van der Waals surface area contributed by atoms with E-state index in [2.05, 4.69) is 12.2 Å². The zero-order valence-corrected chi connectivity index (χ0v) is 13.2. The monoisotopic (exact) mass is 295 g/mol. The van der Waals surface area contributed by atoms with Crippen molar-refractivity contribution in [3.63, 3.8) is 0 Å². The van der Waals surface area contributed by atoms with Crippen LogP contribution in [-0.2, 0) is 9.59 Å². The van der Waals surface area contributed by atoms with Gasteiger partial charge in [0, 0.05) is 12.5 Å². The Labute approximate surface area is 127 Å². The number of carboxylic acids is 1. The number of aliphatic carboxylic acids is 1. The normalized spacial score (nSPS) is 28.8. The molecule has 2 N–H and O–H groups in total. The SMILES string of the molecule is CC1CCCC(NC(=O)CC2(CC(=O)O)CCCC2)CC1. The molecule has 2 unspecified atom stereocenters. The summed E-state index contributed by atoms with van der Waals surface area (Å²) in [5.74, 6) is 0.0609. The average molecular weight is 295 g/mol. The van der Waals surface area contributed by atoms with Crippen LogP contribution in [0.1, 0.15) is 77.6 Å². The lowest BCUT2D eigenvalue weighted by Gasteiger charge is -2.27. The van der Waals surface area contributed by atoms with E-state index in [1.807, 2.05) is 0 Å². The van der Waals surface area contributed by atoms with E-state index >= 15 is 0 Å². The highest BCUT2D eigenvalue weighted by Crippen LogP contribution is 2.44. The molecule has 0 aliphatic heterocycles. The molecule has 120 valence electrons. The Bertz CT molecular complexity index is 374. The van der Waals surface area contributed by atoms with Gasteiger partial charge >= 0.3 is 5.97 Å². The molecule has 1 amide bonds. The van der Waals surface area contributed by atoms with Gasteiger partial charge in [0.1, 0.15) is 0 Å². The summed E-state index contributed by atoms with van der Waals surface area (Å²) in [7, 11) is 0. The third kappa shape index (κ3) is 5.01. The largest absolute Gasteiger partial charge is 0.481 e. The van der Waals surface area contributed by atoms with Crippen LogP contribution in [0.4, 0.5) is 0 Å². The number of amides is 1. The summed E-state index contributed by atoms with van der Waals surface area (Å²) in [5.41, 5.74) is -0.284. The van der Waals surface area contributed by atoms with Crippen LogP contribution in [0.2, 0.25) is 0 Å². The summed E-state index contributed by atoms with van der Waals surface area (Å²) >= 11 is 0. The van der Waals surface area contributed by atoms with Crippen LogP contribution in [0.3, 0.4) is 0 Å². The second-order valence-corrected chi connectivity index (χ2v) is 7.33. The zero-order valence-electron chi connectivity index (χ0n) is 13.2. The van der Waals surface area contributed by atoms with Crippen LogP contribution in [0, 0.1) is 11.3 Å². The molecule has 4 nitrogen and oxygen atoms in total. The highest BCUT2D eigenvalue weighted by molar-refractivity contribution is 5.78. The first kappa shape index (κ1) is 16.3. The fourth-order valence-corrected chi connectivity index (χ4v) is 4.11. The smallest absolute Gasteiger partial charge is 0.303 e. The molecule has 2 aliphatic carbocycles. The summed E-state index contributed by atoms with van der Waals surface area (Å²) < 4.78 is 0. The van der Waals surface area contributed by atoms with Crippen molar-refractivity contribution >= 4 is 11.9 Å². The number of carbonyl (C=O) groups is 2. The summed E-state index contributed by atoms with van der Waals surface area (Å²) in [5, 5.41) is 12.3. The molecular weight excluding hydrogens is 266 g/mol. The Morgan fingerprint density at radius 2 is 1.76 bits per heavy atom. The summed E-state index contributed by atoms with van der Waals surface area (Å²) in [4.78, 5) is 23.4. The van der Waals surface area contributed by atoms with Crippen molar-refractivity contribution < 1.29 is 14.7 Å². The third-order valence-corrected chi connectivity index (χ3v) is 5.35. The van der Waals surface area contributed by atoms with Crippen LogP contribution in [-0.4, -0.2) is 23.0 Å². The number of rotatable bonds is 5. The second kappa shape index (κ2) is 7.28. The molecule has 0 spiro atoms. The molecule has 2 saturated carbocycles. The average Bonchev–Trinajstić information content (AvgIpc) is 2.72. The van der Waals surface area contributed by atoms with Crippen molar-refractivity contribution in [1.29, 1.82) is 0 Å². The zero-order chi connectivity index (χ0) is 15.3. The van der Waals surface area contributed by atoms with Crippen molar-refractivity contribution in [2.24, 2.45) is 11.3 Å². The minimum atomic E-state index is -0.770. The van der Waals surface area contributed by atoms with E-state index in [0.717, 1.165) is 44.4 Å². The number of hydrogen-bond donors (Lipinski definition) is 2. The van der Waals surface area contributed by atoms with Gasteiger partial charge in [0.05, 0.1) is 6.42 Å². The predicted octanol–water partition coefficient (Wildman–Crippen LogP) is 3.50. The Hall–Kier alpha value is -1.06. The molecule has 2 aliphatic rings. The molecule has 2 atom stereocenters. The standard InChI is InChI=1S/C17H29NO3/c1-13-5-4-6-14(8-7-13)18-15(19)11-17(12-16(20)21)9-2-3-10-17/h13-14H,2-12H2,1H3,(H,18,19)(H,20,21). The third-order valence-electron chi connectivity index (χ3n) is 5.35. The maximum atomic E-state index is 12.3. The number of hydrogen-bond acceptors (Lipinski definition) is 2. The summed E-state index contributed by atoms with van der Waals surface area (Å²) in [6.45, 7) is 2.28. The molecule has 4 heteroatoms. The second-order valence-electron chi connectivity index (χ2n) is 7.33. The van der Waals surface area contributed by atoms with Crippen LogP contribution in [0.25, 0.3) is 0 Å². The minimum absolute atomic E-state index is 0.0673. The van der Waals surface area contributed by atoms with Gasteiger partial charge in [-0.2, -0.15) is 0 Å². The Balaban J connectivity index is 1.86. The molecule has 21 heavy (non-hydrogen) atoms. The van der Waals surface area contributed by atoms with Gasteiger partial charge in [0.25, 0.3) is 0 Å². The van der Waals surface area contributed by atoms with Gasteiger partial charge in [-0.15, -0.1) is 0 Å². The maximum absolute atomic E-state index is 12.3. The van der Waals surface area contributed by atoms with Crippen LogP contribution in [0.15, 0.2) is 0 Å². The van der Waals surface area contributed by atoms with Gasteiger partial charge < -0.3 is 10.4 Å². The van der Waals surface area contributed by atoms with E-state index in [9.17, 15) is 9.59 Å². The lowest BCUT2D eigenvalue weighted by atomic mass is 9.79. The Kier molecular flexibility index (Phi) is 5.65. The van der Waals surface area contributed by atoms with Gasteiger partial charge in [0.15, 0.2) is 0 Å². The molecule has 2 rings (SSSR count). The van der Waals surface area contributed by atoms with Gasteiger partial charge in [-0.05, 0) is 43.4 Å². The van der Waals surface area contributed by atoms with E-state index in [1.54, 1.807) is 0 Å². The fourth-order valence-electron chi connectivity index (χ4n) is 4.11. The minimum Gasteiger partial charge on any atom is -0.481 e. The molecule has 2 fully saturated rings. The van der Waals surface area contributed by atoms with Crippen molar-refractivity contribution in [1.82, 2.24) is 5.32 Å². The van der Waals surface area contributed by atoms with Crippen molar-refractivity contribution in [3.05, 3.63) is 0 Å². The molecule has 0 heterocycles. The number of carbonyl (C=O) groups excluding carboxylic acids is 1. The summed E-state index contributed by atoms with van der Waals surface area (Å²) in [6, 6.07) is 0.297. The van der Waals surface area contributed by atoms with Gasteiger partial charge in [-0.3, -0.25) is 9.59 Å². The Morgan fingerprint density at radius 3 is 2.43 bits per heavy atom.